The molecule has 100 valence electrons. The molecule has 0 bridgehead atoms. The highest BCUT2D eigenvalue weighted by atomic mass is 16.5. The average molecular weight is 240 g/mol. The summed E-state index contributed by atoms with van der Waals surface area (Å²) >= 11 is 0. The van der Waals surface area contributed by atoms with Crippen LogP contribution in [0, 0.1) is 11.3 Å². The second-order valence-corrected chi connectivity index (χ2v) is 5.81. The van der Waals surface area contributed by atoms with Crippen LogP contribution in [0.1, 0.15) is 60.8 Å². The minimum Gasteiger partial charge on any atom is -0.463 e. The van der Waals surface area contributed by atoms with E-state index in [-0.39, 0.29) is 11.4 Å². The standard InChI is InChI=1S/C15H28O2/c1-7-9-15(5,6)13(4)11-14(16)17-10-8-12(2)3/h11-12H,7-10H2,1-6H3. The fourth-order valence-electron chi connectivity index (χ4n) is 1.63. The highest BCUT2D eigenvalue weighted by molar-refractivity contribution is 5.82. The largest absolute Gasteiger partial charge is 0.463 e. The van der Waals surface area contributed by atoms with Crippen molar-refractivity contribution >= 4 is 5.97 Å². The minimum absolute atomic E-state index is 0.0891. The first-order valence-electron chi connectivity index (χ1n) is 6.65. The van der Waals surface area contributed by atoms with E-state index in [9.17, 15) is 4.79 Å². The van der Waals surface area contributed by atoms with Crippen molar-refractivity contribution in [3.8, 4) is 0 Å². The fourth-order valence-corrected chi connectivity index (χ4v) is 1.63. The lowest BCUT2D eigenvalue weighted by atomic mass is 9.81. The lowest BCUT2D eigenvalue weighted by molar-refractivity contribution is -0.138. The monoisotopic (exact) mass is 240 g/mol. The molecule has 0 amide bonds. The van der Waals surface area contributed by atoms with Crippen molar-refractivity contribution < 1.29 is 9.53 Å². The van der Waals surface area contributed by atoms with Gasteiger partial charge in [-0.05, 0) is 31.1 Å². The van der Waals surface area contributed by atoms with E-state index in [4.69, 9.17) is 4.74 Å². The van der Waals surface area contributed by atoms with Crippen molar-refractivity contribution in [1.29, 1.82) is 0 Å². The van der Waals surface area contributed by atoms with Gasteiger partial charge in [-0.3, -0.25) is 0 Å². The molecule has 2 nitrogen and oxygen atoms in total. The van der Waals surface area contributed by atoms with Gasteiger partial charge in [0.25, 0.3) is 0 Å². The van der Waals surface area contributed by atoms with Gasteiger partial charge in [-0.15, -0.1) is 0 Å². The van der Waals surface area contributed by atoms with E-state index < -0.39 is 0 Å². The molecule has 0 unspecified atom stereocenters. The normalized spacial score (nSPS) is 13.0. The van der Waals surface area contributed by atoms with Crippen LogP contribution in [-0.2, 0) is 9.53 Å². The second-order valence-electron chi connectivity index (χ2n) is 5.81. The zero-order chi connectivity index (χ0) is 13.5. The summed E-state index contributed by atoms with van der Waals surface area (Å²) in [6.07, 6.45) is 4.79. The third-order valence-corrected chi connectivity index (χ3v) is 3.22. The summed E-state index contributed by atoms with van der Waals surface area (Å²) in [5.74, 6) is 0.372. The molecule has 0 aliphatic carbocycles. The highest BCUT2D eigenvalue weighted by Gasteiger charge is 2.19. The molecule has 0 radical (unpaired) electrons. The van der Waals surface area contributed by atoms with Crippen molar-refractivity contribution in [2.45, 2.75) is 60.8 Å². The third kappa shape index (κ3) is 7.19. The number of carbonyl (C=O) groups is 1. The van der Waals surface area contributed by atoms with Crippen LogP contribution in [-0.4, -0.2) is 12.6 Å². The zero-order valence-corrected chi connectivity index (χ0v) is 12.3. The van der Waals surface area contributed by atoms with Crippen LogP contribution in [0.2, 0.25) is 0 Å². The molecule has 0 aromatic carbocycles. The van der Waals surface area contributed by atoms with Crippen LogP contribution in [0.3, 0.4) is 0 Å². The predicted octanol–water partition coefficient (Wildman–Crippen LogP) is 4.35. The maximum absolute atomic E-state index is 11.6. The molecule has 0 atom stereocenters. The van der Waals surface area contributed by atoms with E-state index in [1.807, 2.05) is 6.92 Å². The van der Waals surface area contributed by atoms with E-state index in [2.05, 4.69) is 34.6 Å². The molecule has 0 saturated carbocycles. The van der Waals surface area contributed by atoms with E-state index in [0.29, 0.717) is 12.5 Å². The van der Waals surface area contributed by atoms with E-state index >= 15 is 0 Å². The SMILES string of the molecule is CCCC(C)(C)C(C)=CC(=O)OCCC(C)C. The van der Waals surface area contributed by atoms with Crippen LogP contribution < -0.4 is 0 Å². The molecule has 0 aromatic heterocycles. The van der Waals surface area contributed by atoms with Crippen molar-refractivity contribution in [2.75, 3.05) is 6.61 Å². The molecule has 0 spiro atoms. The molecule has 0 heterocycles. The molecule has 17 heavy (non-hydrogen) atoms. The number of rotatable bonds is 7. The lowest BCUT2D eigenvalue weighted by Gasteiger charge is -2.25. The van der Waals surface area contributed by atoms with Gasteiger partial charge in [0.15, 0.2) is 0 Å². The Hall–Kier alpha value is -0.790. The van der Waals surface area contributed by atoms with Gasteiger partial charge in [-0.25, -0.2) is 4.79 Å². The van der Waals surface area contributed by atoms with Crippen molar-refractivity contribution in [3.05, 3.63) is 11.6 Å². The number of carbonyl (C=O) groups excluding carboxylic acids is 1. The van der Waals surface area contributed by atoms with Gasteiger partial charge < -0.3 is 4.74 Å². The molecule has 0 rings (SSSR count). The van der Waals surface area contributed by atoms with Crippen LogP contribution in [0.4, 0.5) is 0 Å². The molecular formula is C15H28O2. The maximum Gasteiger partial charge on any atom is 0.330 e. The maximum atomic E-state index is 11.6. The Kier molecular flexibility index (Phi) is 7.17. The smallest absolute Gasteiger partial charge is 0.330 e. The molecule has 0 aromatic rings. The van der Waals surface area contributed by atoms with Crippen LogP contribution in [0.15, 0.2) is 11.6 Å². The summed E-state index contributed by atoms with van der Waals surface area (Å²) < 4.78 is 5.18. The Balaban J connectivity index is 4.23. The third-order valence-electron chi connectivity index (χ3n) is 3.22. The number of allylic oxidation sites excluding steroid dienone is 1. The Morgan fingerprint density at radius 3 is 2.41 bits per heavy atom. The van der Waals surface area contributed by atoms with Gasteiger partial charge in [0, 0.05) is 6.08 Å². The Labute approximate surface area is 106 Å². The Bertz CT molecular complexity index is 262. The lowest BCUT2D eigenvalue weighted by Crippen LogP contribution is -2.15. The second kappa shape index (κ2) is 7.52. The summed E-state index contributed by atoms with van der Waals surface area (Å²) in [4.78, 5) is 11.6. The first kappa shape index (κ1) is 16.2. The van der Waals surface area contributed by atoms with Gasteiger partial charge in [0.2, 0.25) is 0 Å². The highest BCUT2D eigenvalue weighted by Crippen LogP contribution is 2.30. The summed E-state index contributed by atoms with van der Waals surface area (Å²) in [5, 5.41) is 0. The number of hydrogen-bond donors (Lipinski definition) is 0. The minimum atomic E-state index is -0.202. The van der Waals surface area contributed by atoms with Gasteiger partial charge in [-0.1, -0.05) is 46.6 Å². The van der Waals surface area contributed by atoms with E-state index in [1.165, 1.54) is 0 Å². The topological polar surface area (TPSA) is 26.3 Å². The van der Waals surface area contributed by atoms with Crippen LogP contribution in [0.25, 0.3) is 0 Å². The fraction of sp³-hybridized carbons (Fsp3) is 0.800. The van der Waals surface area contributed by atoms with Crippen LogP contribution >= 0.6 is 0 Å². The van der Waals surface area contributed by atoms with Gasteiger partial charge >= 0.3 is 5.97 Å². The van der Waals surface area contributed by atoms with Crippen molar-refractivity contribution in [3.63, 3.8) is 0 Å². The molecule has 0 aliphatic heterocycles. The average Bonchev–Trinajstić information content (AvgIpc) is 2.16. The molecule has 0 fully saturated rings. The Morgan fingerprint density at radius 2 is 1.94 bits per heavy atom. The molecular weight excluding hydrogens is 212 g/mol. The van der Waals surface area contributed by atoms with Crippen molar-refractivity contribution in [2.24, 2.45) is 11.3 Å². The molecule has 2 heteroatoms. The molecule has 0 saturated heterocycles. The number of hydrogen-bond acceptors (Lipinski definition) is 2. The van der Waals surface area contributed by atoms with E-state index in [0.717, 1.165) is 24.8 Å². The summed E-state index contributed by atoms with van der Waals surface area (Å²) in [7, 11) is 0. The summed E-state index contributed by atoms with van der Waals surface area (Å²) in [5.41, 5.74) is 1.19. The van der Waals surface area contributed by atoms with Crippen molar-refractivity contribution in [1.82, 2.24) is 0 Å². The van der Waals surface area contributed by atoms with Gasteiger partial charge in [0.05, 0.1) is 6.61 Å². The van der Waals surface area contributed by atoms with Gasteiger partial charge in [-0.2, -0.15) is 0 Å². The zero-order valence-electron chi connectivity index (χ0n) is 12.3. The number of esters is 1. The summed E-state index contributed by atoms with van der Waals surface area (Å²) in [6.45, 7) is 13.3. The van der Waals surface area contributed by atoms with E-state index in [1.54, 1.807) is 6.08 Å². The summed E-state index contributed by atoms with van der Waals surface area (Å²) in [6, 6.07) is 0. The quantitative estimate of drug-likeness (QED) is 0.488. The molecule has 0 aliphatic rings. The first-order valence-corrected chi connectivity index (χ1v) is 6.65. The number of ether oxygens (including phenoxy) is 1. The predicted molar refractivity (Wildman–Crippen MR) is 72.9 cm³/mol. The van der Waals surface area contributed by atoms with Gasteiger partial charge in [0.1, 0.15) is 0 Å². The Morgan fingerprint density at radius 1 is 1.35 bits per heavy atom. The first-order chi connectivity index (χ1) is 7.79. The van der Waals surface area contributed by atoms with Crippen LogP contribution in [0.5, 0.6) is 0 Å². The molecule has 0 N–H and O–H groups in total.